The van der Waals surface area contributed by atoms with Crippen molar-refractivity contribution in [3.63, 3.8) is 0 Å². The van der Waals surface area contributed by atoms with Gasteiger partial charge >= 0.3 is 0 Å². The number of rotatable bonds is 6. The number of carbonyl (C=O) groups is 1. The Morgan fingerprint density at radius 1 is 1.29 bits per heavy atom. The standard InChI is InChI=1S/C18H24N4OS/c23-18(9-16-5-7-24-12-16)21-6-1-2-15(11-21)8-17-20-19-13-22(17)10-14-3-4-14/h5,7,12-15H,1-4,6,8-11H2. The van der Waals surface area contributed by atoms with E-state index in [4.69, 9.17) is 0 Å². The first kappa shape index (κ1) is 15.8. The van der Waals surface area contributed by atoms with E-state index in [2.05, 4.69) is 20.1 Å². The molecule has 0 N–H and O–H groups in total. The Balaban J connectivity index is 1.34. The highest BCUT2D eigenvalue weighted by molar-refractivity contribution is 7.07. The van der Waals surface area contributed by atoms with Crippen LogP contribution in [0.2, 0.25) is 0 Å². The first-order valence-corrected chi connectivity index (χ1v) is 9.88. The number of hydrogen-bond donors (Lipinski definition) is 0. The fourth-order valence-corrected chi connectivity index (χ4v) is 4.23. The third-order valence-corrected chi connectivity index (χ3v) is 5.86. The normalized spacial score (nSPS) is 21.2. The van der Waals surface area contributed by atoms with Crippen molar-refractivity contribution >= 4 is 17.2 Å². The molecular weight excluding hydrogens is 320 g/mol. The highest BCUT2D eigenvalue weighted by atomic mass is 32.1. The van der Waals surface area contributed by atoms with E-state index in [0.717, 1.165) is 49.8 Å². The van der Waals surface area contributed by atoms with E-state index in [-0.39, 0.29) is 5.91 Å². The summed E-state index contributed by atoms with van der Waals surface area (Å²) in [5, 5.41) is 12.5. The van der Waals surface area contributed by atoms with Crippen molar-refractivity contribution in [3.05, 3.63) is 34.5 Å². The van der Waals surface area contributed by atoms with Gasteiger partial charge in [0.05, 0.1) is 6.42 Å². The second-order valence-electron chi connectivity index (χ2n) is 7.20. The van der Waals surface area contributed by atoms with Crippen LogP contribution in [0.3, 0.4) is 0 Å². The number of nitrogens with zero attached hydrogens (tertiary/aromatic N) is 4. The summed E-state index contributed by atoms with van der Waals surface area (Å²) < 4.78 is 2.23. The zero-order valence-electron chi connectivity index (χ0n) is 13.9. The lowest BCUT2D eigenvalue weighted by atomic mass is 9.94. The van der Waals surface area contributed by atoms with Crippen LogP contribution in [0.25, 0.3) is 0 Å². The van der Waals surface area contributed by atoms with Gasteiger partial charge in [0.25, 0.3) is 0 Å². The van der Waals surface area contributed by atoms with E-state index in [1.54, 1.807) is 11.3 Å². The summed E-state index contributed by atoms with van der Waals surface area (Å²) in [7, 11) is 0. The molecule has 3 heterocycles. The minimum Gasteiger partial charge on any atom is -0.342 e. The lowest BCUT2D eigenvalue weighted by Crippen LogP contribution is -2.41. The molecular formula is C18H24N4OS. The van der Waals surface area contributed by atoms with Crippen LogP contribution in [0.5, 0.6) is 0 Å². The molecule has 0 aromatic carbocycles. The summed E-state index contributed by atoms with van der Waals surface area (Å²) in [6, 6.07) is 2.05. The van der Waals surface area contributed by atoms with E-state index in [1.165, 1.54) is 19.3 Å². The van der Waals surface area contributed by atoms with Gasteiger partial charge in [0, 0.05) is 26.1 Å². The number of piperidine rings is 1. The molecule has 0 spiro atoms. The minimum absolute atomic E-state index is 0.262. The predicted molar refractivity (Wildman–Crippen MR) is 93.8 cm³/mol. The molecule has 2 fully saturated rings. The Hall–Kier alpha value is -1.69. The zero-order chi connectivity index (χ0) is 16.4. The maximum absolute atomic E-state index is 12.5. The average molecular weight is 344 g/mol. The summed E-state index contributed by atoms with van der Waals surface area (Å²) in [5.74, 6) is 2.69. The van der Waals surface area contributed by atoms with Crippen LogP contribution < -0.4 is 0 Å². The van der Waals surface area contributed by atoms with E-state index < -0.39 is 0 Å². The Morgan fingerprint density at radius 3 is 3.00 bits per heavy atom. The topological polar surface area (TPSA) is 51.0 Å². The van der Waals surface area contributed by atoms with Crippen LogP contribution in [-0.4, -0.2) is 38.7 Å². The average Bonchev–Trinajstić information content (AvgIpc) is 3.06. The third-order valence-electron chi connectivity index (χ3n) is 5.13. The van der Waals surface area contributed by atoms with Gasteiger partial charge in [-0.1, -0.05) is 0 Å². The highest BCUT2D eigenvalue weighted by Crippen LogP contribution is 2.31. The second-order valence-corrected chi connectivity index (χ2v) is 7.98. The fraction of sp³-hybridized carbons (Fsp3) is 0.611. The number of likely N-dealkylation sites (tertiary alicyclic amines) is 1. The van der Waals surface area contributed by atoms with Gasteiger partial charge in [-0.05, 0) is 59.9 Å². The summed E-state index contributed by atoms with van der Waals surface area (Å²) in [4.78, 5) is 14.6. The van der Waals surface area contributed by atoms with E-state index in [1.807, 2.05) is 22.7 Å². The van der Waals surface area contributed by atoms with Crippen LogP contribution >= 0.6 is 11.3 Å². The van der Waals surface area contributed by atoms with Gasteiger partial charge in [-0.25, -0.2) is 0 Å². The van der Waals surface area contributed by atoms with Crippen LogP contribution in [-0.2, 0) is 24.2 Å². The van der Waals surface area contributed by atoms with E-state index in [9.17, 15) is 4.79 Å². The van der Waals surface area contributed by atoms with Gasteiger partial charge in [-0.2, -0.15) is 11.3 Å². The molecule has 1 saturated heterocycles. The van der Waals surface area contributed by atoms with Crippen molar-refractivity contribution < 1.29 is 4.79 Å². The van der Waals surface area contributed by atoms with Crippen molar-refractivity contribution in [2.24, 2.45) is 11.8 Å². The van der Waals surface area contributed by atoms with Gasteiger partial charge in [0.15, 0.2) is 0 Å². The van der Waals surface area contributed by atoms with Crippen molar-refractivity contribution in [2.45, 2.75) is 45.1 Å². The lowest BCUT2D eigenvalue weighted by molar-refractivity contribution is -0.132. The minimum atomic E-state index is 0.262. The Labute approximate surface area is 146 Å². The predicted octanol–water partition coefficient (Wildman–Crippen LogP) is 2.77. The zero-order valence-corrected chi connectivity index (χ0v) is 14.7. The van der Waals surface area contributed by atoms with E-state index in [0.29, 0.717) is 12.3 Å². The quantitative estimate of drug-likeness (QED) is 0.810. The molecule has 1 aliphatic carbocycles. The van der Waals surface area contributed by atoms with Gasteiger partial charge < -0.3 is 9.47 Å². The highest BCUT2D eigenvalue weighted by Gasteiger charge is 2.27. The molecule has 24 heavy (non-hydrogen) atoms. The maximum Gasteiger partial charge on any atom is 0.227 e. The van der Waals surface area contributed by atoms with Crippen LogP contribution in [0, 0.1) is 11.8 Å². The maximum atomic E-state index is 12.5. The number of hydrogen-bond acceptors (Lipinski definition) is 4. The molecule has 1 amide bonds. The molecule has 1 saturated carbocycles. The molecule has 5 nitrogen and oxygen atoms in total. The largest absolute Gasteiger partial charge is 0.342 e. The smallest absolute Gasteiger partial charge is 0.227 e. The number of carbonyl (C=O) groups excluding carboxylic acids is 1. The molecule has 4 rings (SSSR count). The van der Waals surface area contributed by atoms with Gasteiger partial charge in [0.2, 0.25) is 5.91 Å². The molecule has 0 bridgehead atoms. The summed E-state index contributed by atoms with van der Waals surface area (Å²) in [6.07, 6.45) is 8.30. The molecule has 2 aromatic heterocycles. The molecule has 2 aliphatic rings. The van der Waals surface area contributed by atoms with Crippen molar-refractivity contribution in [2.75, 3.05) is 13.1 Å². The van der Waals surface area contributed by atoms with Gasteiger partial charge in [-0.15, -0.1) is 10.2 Å². The summed E-state index contributed by atoms with van der Waals surface area (Å²) in [5.41, 5.74) is 1.14. The number of thiophene rings is 1. The first-order valence-electron chi connectivity index (χ1n) is 8.93. The Bertz CT molecular complexity index is 677. The summed E-state index contributed by atoms with van der Waals surface area (Å²) >= 11 is 1.65. The second kappa shape index (κ2) is 7.05. The summed E-state index contributed by atoms with van der Waals surface area (Å²) in [6.45, 7) is 2.82. The molecule has 2 aromatic rings. The number of amides is 1. The van der Waals surface area contributed by atoms with Crippen molar-refractivity contribution in [1.82, 2.24) is 19.7 Å². The van der Waals surface area contributed by atoms with Gasteiger partial charge in [0.1, 0.15) is 12.2 Å². The molecule has 128 valence electrons. The van der Waals surface area contributed by atoms with Crippen LogP contribution in [0.15, 0.2) is 23.2 Å². The molecule has 0 radical (unpaired) electrons. The molecule has 1 atom stereocenters. The van der Waals surface area contributed by atoms with E-state index >= 15 is 0 Å². The first-order chi connectivity index (χ1) is 11.8. The lowest BCUT2D eigenvalue weighted by Gasteiger charge is -2.32. The SMILES string of the molecule is O=C(Cc1ccsc1)N1CCCC(Cc2nncn2CC2CC2)C1. The number of aromatic nitrogens is 3. The Kier molecular flexibility index (Phi) is 4.65. The third kappa shape index (κ3) is 3.86. The van der Waals surface area contributed by atoms with Gasteiger partial charge in [-0.3, -0.25) is 4.79 Å². The fourth-order valence-electron chi connectivity index (χ4n) is 3.56. The Morgan fingerprint density at radius 2 is 2.21 bits per heavy atom. The van der Waals surface area contributed by atoms with Crippen molar-refractivity contribution in [3.8, 4) is 0 Å². The van der Waals surface area contributed by atoms with Crippen molar-refractivity contribution in [1.29, 1.82) is 0 Å². The monoisotopic (exact) mass is 344 g/mol. The van der Waals surface area contributed by atoms with Crippen LogP contribution in [0.4, 0.5) is 0 Å². The molecule has 1 unspecified atom stereocenters. The molecule has 6 heteroatoms. The molecule has 1 aliphatic heterocycles. The van der Waals surface area contributed by atoms with Crippen LogP contribution in [0.1, 0.15) is 37.1 Å².